The molecule has 0 amide bonds. The average Bonchev–Trinajstić information content (AvgIpc) is 2.66. The highest BCUT2D eigenvalue weighted by Gasteiger charge is 2.39. The summed E-state index contributed by atoms with van der Waals surface area (Å²) in [7, 11) is -2.97. The fourth-order valence-electron chi connectivity index (χ4n) is 1.97. The van der Waals surface area contributed by atoms with Crippen molar-refractivity contribution in [3.63, 3.8) is 0 Å². The van der Waals surface area contributed by atoms with E-state index in [2.05, 4.69) is 5.32 Å². The Balaban J connectivity index is 2.07. The summed E-state index contributed by atoms with van der Waals surface area (Å²) in [6.07, 6.45) is 0.525. The molecule has 7 nitrogen and oxygen atoms in total. The van der Waals surface area contributed by atoms with Crippen molar-refractivity contribution in [3.05, 3.63) is 0 Å². The van der Waals surface area contributed by atoms with Gasteiger partial charge in [0, 0.05) is 0 Å². The van der Waals surface area contributed by atoms with Crippen LogP contribution in [0.2, 0.25) is 0 Å². The summed E-state index contributed by atoms with van der Waals surface area (Å²) in [6.45, 7) is 3.60. The lowest BCUT2D eigenvalue weighted by Gasteiger charge is -2.25. The highest BCUT2D eigenvalue weighted by molar-refractivity contribution is 7.91. The molecule has 0 bridgehead atoms. The smallest absolute Gasteiger partial charge is 0.257 e. The Labute approximate surface area is 130 Å². The Morgan fingerprint density at radius 1 is 1.24 bits per heavy atom. The predicted octanol–water partition coefficient (Wildman–Crippen LogP) is -0.520. The number of aliphatic hydroxyl groups excluding tert-OH is 1. The monoisotopic (exact) mass is 341 g/mol. The van der Waals surface area contributed by atoms with Gasteiger partial charge in [0.15, 0.2) is 9.84 Å². The van der Waals surface area contributed by atoms with E-state index in [1.54, 1.807) is 0 Å². The van der Waals surface area contributed by atoms with Crippen molar-refractivity contribution in [3.8, 4) is 0 Å². The van der Waals surface area contributed by atoms with Crippen LogP contribution in [0.4, 0.5) is 0 Å². The van der Waals surface area contributed by atoms with Crippen molar-refractivity contribution < 1.29 is 27.7 Å². The molecule has 1 aliphatic rings. The fraction of sp³-hybridized carbons (Fsp3) is 0.917. The van der Waals surface area contributed by atoms with E-state index in [-0.39, 0.29) is 29.9 Å². The SMILES string of the molecule is C[C@@]1(NC(=S)OCCOCCOCCO)CCS(=O)(=O)C1. The summed E-state index contributed by atoms with van der Waals surface area (Å²) in [5.74, 6) is 0.248. The van der Waals surface area contributed by atoms with Crippen molar-refractivity contribution >= 4 is 27.2 Å². The minimum Gasteiger partial charge on any atom is -0.469 e. The molecule has 0 aromatic rings. The van der Waals surface area contributed by atoms with Gasteiger partial charge in [-0.05, 0) is 25.6 Å². The molecule has 0 spiro atoms. The van der Waals surface area contributed by atoms with E-state index in [0.717, 1.165) is 0 Å². The Morgan fingerprint density at radius 2 is 1.86 bits per heavy atom. The number of rotatable bonds is 9. The van der Waals surface area contributed by atoms with E-state index in [9.17, 15) is 8.42 Å². The van der Waals surface area contributed by atoms with Crippen molar-refractivity contribution in [1.82, 2.24) is 5.32 Å². The number of aliphatic hydroxyl groups is 1. The highest BCUT2D eigenvalue weighted by Crippen LogP contribution is 2.22. The van der Waals surface area contributed by atoms with Gasteiger partial charge in [-0.15, -0.1) is 0 Å². The summed E-state index contributed by atoms with van der Waals surface area (Å²) >= 11 is 5.04. The lowest BCUT2D eigenvalue weighted by atomic mass is 10.0. The zero-order valence-corrected chi connectivity index (χ0v) is 13.8. The molecule has 1 saturated heterocycles. The van der Waals surface area contributed by atoms with E-state index >= 15 is 0 Å². The maximum absolute atomic E-state index is 11.5. The molecule has 0 aromatic heterocycles. The molecule has 1 fully saturated rings. The van der Waals surface area contributed by atoms with Crippen LogP contribution in [0.25, 0.3) is 0 Å². The third-order valence-electron chi connectivity index (χ3n) is 2.98. The van der Waals surface area contributed by atoms with Gasteiger partial charge in [-0.25, -0.2) is 8.42 Å². The summed E-state index contributed by atoms with van der Waals surface area (Å²) in [5.41, 5.74) is -0.547. The number of hydrogen-bond donors (Lipinski definition) is 2. The second kappa shape index (κ2) is 8.84. The molecule has 9 heteroatoms. The van der Waals surface area contributed by atoms with Gasteiger partial charge < -0.3 is 24.6 Å². The average molecular weight is 341 g/mol. The van der Waals surface area contributed by atoms with Gasteiger partial charge in [0.05, 0.1) is 50.1 Å². The van der Waals surface area contributed by atoms with E-state index < -0.39 is 15.4 Å². The summed E-state index contributed by atoms with van der Waals surface area (Å²) < 4.78 is 38.5. The Hall–Kier alpha value is -0.480. The first-order valence-corrected chi connectivity index (χ1v) is 9.02. The topological polar surface area (TPSA) is 94.1 Å². The van der Waals surface area contributed by atoms with Crippen LogP contribution in [-0.4, -0.2) is 75.4 Å². The number of ether oxygens (including phenoxy) is 3. The molecule has 1 rings (SSSR count). The second-order valence-electron chi connectivity index (χ2n) is 5.11. The van der Waals surface area contributed by atoms with Crippen LogP contribution in [0.5, 0.6) is 0 Å². The maximum Gasteiger partial charge on any atom is 0.257 e. The van der Waals surface area contributed by atoms with E-state index in [1.165, 1.54) is 0 Å². The number of thiocarbonyl (C=S) groups is 1. The molecule has 1 heterocycles. The molecular weight excluding hydrogens is 318 g/mol. The van der Waals surface area contributed by atoms with Crippen molar-refractivity contribution in [2.75, 3.05) is 51.1 Å². The quantitative estimate of drug-likeness (QED) is 0.427. The lowest BCUT2D eigenvalue weighted by molar-refractivity contribution is 0.0233. The van der Waals surface area contributed by atoms with E-state index in [4.69, 9.17) is 31.5 Å². The standard InChI is InChI=1S/C12H23NO6S2/c1-12(2-9-21(15,16)10-12)13-11(20)19-8-7-18-6-5-17-4-3-14/h14H,2-10H2,1H3,(H,13,20)/t12-/m1/s1. The Kier molecular flexibility index (Phi) is 7.82. The molecule has 0 radical (unpaired) electrons. The molecule has 0 aromatic carbocycles. The van der Waals surface area contributed by atoms with Gasteiger partial charge in [-0.1, -0.05) is 0 Å². The molecule has 0 unspecified atom stereocenters. The molecule has 21 heavy (non-hydrogen) atoms. The zero-order valence-electron chi connectivity index (χ0n) is 12.2. The predicted molar refractivity (Wildman–Crippen MR) is 82.1 cm³/mol. The zero-order chi connectivity index (χ0) is 15.8. The third-order valence-corrected chi connectivity index (χ3v) is 5.10. The van der Waals surface area contributed by atoms with Crippen LogP contribution < -0.4 is 5.32 Å². The normalized spacial score (nSPS) is 23.9. The maximum atomic E-state index is 11.5. The van der Waals surface area contributed by atoms with Gasteiger partial charge in [0.2, 0.25) is 0 Å². The number of sulfone groups is 1. The van der Waals surface area contributed by atoms with Crippen LogP contribution in [0.15, 0.2) is 0 Å². The van der Waals surface area contributed by atoms with Gasteiger partial charge in [0.25, 0.3) is 5.17 Å². The van der Waals surface area contributed by atoms with E-state index in [1.807, 2.05) is 6.92 Å². The first-order chi connectivity index (χ1) is 9.87. The first kappa shape index (κ1) is 18.6. The van der Waals surface area contributed by atoms with Crippen molar-refractivity contribution in [2.45, 2.75) is 18.9 Å². The van der Waals surface area contributed by atoms with Crippen molar-refractivity contribution in [2.24, 2.45) is 0 Å². The molecular formula is C12H23NO6S2. The van der Waals surface area contributed by atoms with Crippen LogP contribution in [0.3, 0.4) is 0 Å². The molecule has 124 valence electrons. The minimum atomic E-state index is -2.97. The van der Waals surface area contributed by atoms with Gasteiger partial charge in [0.1, 0.15) is 6.61 Å². The minimum absolute atomic E-state index is 0.00244. The van der Waals surface area contributed by atoms with Gasteiger partial charge >= 0.3 is 0 Å². The second-order valence-corrected chi connectivity index (χ2v) is 7.67. The Morgan fingerprint density at radius 3 is 2.43 bits per heavy atom. The van der Waals surface area contributed by atoms with Gasteiger partial charge in [-0.2, -0.15) is 0 Å². The fourth-order valence-corrected chi connectivity index (χ4v) is 4.39. The lowest BCUT2D eigenvalue weighted by Crippen LogP contribution is -2.47. The molecule has 1 atom stereocenters. The Bertz CT molecular complexity index is 427. The van der Waals surface area contributed by atoms with Gasteiger partial charge in [-0.3, -0.25) is 0 Å². The summed E-state index contributed by atoms with van der Waals surface area (Å²) in [5, 5.41) is 11.6. The summed E-state index contributed by atoms with van der Waals surface area (Å²) in [4.78, 5) is 0. The highest BCUT2D eigenvalue weighted by atomic mass is 32.2. The van der Waals surface area contributed by atoms with E-state index in [0.29, 0.717) is 32.8 Å². The molecule has 0 saturated carbocycles. The van der Waals surface area contributed by atoms with Crippen molar-refractivity contribution in [1.29, 1.82) is 0 Å². The van der Waals surface area contributed by atoms with Crippen LogP contribution in [-0.2, 0) is 24.0 Å². The van der Waals surface area contributed by atoms with Crippen LogP contribution in [0, 0.1) is 0 Å². The number of hydrogen-bond acceptors (Lipinski definition) is 7. The van der Waals surface area contributed by atoms with Crippen LogP contribution >= 0.6 is 12.2 Å². The molecule has 2 N–H and O–H groups in total. The summed E-state index contributed by atoms with van der Waals surface area (Å²) in [6, 6.07) is 0. The largest absolute Gasteiger partial charge is 0.469 e. The third kappa shape index (κ3) is 7.91. The van der Waals surface area contributed by atoms with Crippen LogP contribution in [0.1, 0.15) is 13.3 Å². The first-order valence-electron chi connectivity index (χ1n) is 6.79. The molecule has 1 aliphatic heterocycles. The molecule has 0 aliphatic carbocycles. The number of nitrogens with one attached hydrogen (secondary N) is 1.